The molecule has 1 aliphatic rings. The van der Waals surface area contributed by atoms with Gasteiger partial charge in [0.25, 0.3) is 0 Å². The highest BCUT2D eigenvalue weighted by molar-refractivity contribution is 6.31. The van der Waals surface area contributed by atoms with Gasteiger partial charge in [-0.3, -0.25) is 9.59 Å². The summed E-state index contributed by atoms with van der Waals surface area (Å²) < 4.78 is 21.2. The van der Waals surface area contributed by atoms with Crippen LogP contribution in [0.2, 0.25) is 5.02 Å². The first-order valence-corrected chi connectivity index (χ1v) is 7.87. The Morgan fingerprint density at radius 3 is 2.76 bits per heavy atom. The van der Waals surface area contributed by atoms with Gasteiger partial charge in [0.15, 0.2) is 6.10 Å². The van der Waals surface area contributed by atoms with Crippen LogP contribution in [0, 0.1) is 0 Å². The van der Waals surface area contributed by atoms with Gasteiger partial charge in [-0.25, -0.2) is 4.79 Å². The average molecular weight is 372 g/mol. The fraction of sp³-hybridized carbons (Fsp3) is 0.438. The summed E-state index contributed by atoms with van der Waals surface area (Å²) >= 11 is 5.90. The van der Waals surface area contributed by atoms with Gasteiger partial charge in [-0.1, -0.05) is 11.6 Å². The Morgan fingerprint density at radius 2 is 2.12 bits per heavy atom. The lowest BCUT2D eigenvalue weighted by molar-refractivity contribution is -0.204. The van der Waals surface area contributed by atoms with Crippen molar-refractivity contribution >= 4 is 35.6 Å². The number of carbonyl (C=O) groups excluding carboxylic acids is 3. The van der Waals surface area contributed by atoms with Crippen LogP contribution in [0.4, 0.5) is 5.69 Å². The average Bonchev–Trinajstić information content (AvgIpc) is 2.56. The molecular weight excluding hydrogens is 354 g/mol. The molecule has 0 radical (unpaired) electrons. The maximum atomic E-state index is 11.8. The van der Waals surface area contributed by atoms with Crippen molar-refractivity contribution in [3.63, 3.8) is 0 Å². The number of hydrogen-bond acceptors (Lipinski definition) is 7. The molecular formula is C16H18ClNO7. The number of anilines is 1. The molecule has 136 valence electrons. The van der Waals surface area contributed by atoms with Crippen LogP contribution in [0.15, 0.2) is 18.2 Å². The fourth-order valence-corrected chi connectivity index (χ4v) is 2.63. The first-order valence-electron chi connectivity index (χ1n) is 7.49. The van der Waals surface area contributed by atoms with Crippen molar-refractivity contribution in [3.05, 3.63) is 23.2 Å². The Morgan fingerprint density at radius 1 is 1.36 bits per heavy atom. The molecule has 9 heteroatoms. The first kappa shape index (κ1) is 19.0. The predicted octanol–water partition coefficient (Wildman–Crippen LogP) is 1.90. The number of ether oxygens (including phenoxy) is 4. The van der Waals surface area contributed by atoms with Crippen LogP contribution >= 0.6 is 11.6 Å². The van der Waals surface area contributed by atoms with Gasteiger partial charge in [0.05, 0.1) is 12.8 Å². The quantitative estimate of drug-likeness (QED) is 0.602. The van der Waals surface area contributed by atoms with Gasteiger partial charge < -0.3 is 24.3 Å². The van der Waals surface area contributed by atoms with E-state index in [4.69, 9.17) is 25.8 Å². The largest absolute Gasteiger partial charge is 0.467 e. The van der Waals surface area contributed by atoms with Crippen molar-refractivity contribution in [1.82, 2.24) is 0 Å². The van der Waals surface area contributed by atoms with Crippen LogP contribution in [0.5, 0.6) is 5.75 Å². The molecule has 1 N–H and O–H groups in total. The lowest BCUT2D eigenvalue weighted by atomic mass is 10.0. The molecule has 1 aromatic rings. The molecule has 0 saturated carbocycles. The molecule has 0 aromatic heterocycles. The highest BCUT2D eigenvalue weighted by Gasteiger charge is 2.37. The summed E-state index contributed by atoms with van der Waals surface area (Å²) in [7, 11) is 1.24. The van der Waals surface area contributed by atoms with Crippen molar-refractivity contribution in [2.75, 3.05) is 12.4 Å². The van der Waals surface area contributed by atoms with Crippen LogP contribution in [-0.4, -0.2) is 44.0 Å². The van der Waals surface area contributed by atoms with E-state index >= 15 is 0 Å². The van der Waals surface area contributed by atoms with Crippen molar-refractivity contribution in [2.24, 2.45) is 0 Å². The monoisotopic (exact) mass is 371 g/mol. The van der Waals surface area contributed by atoms with Gasteiger partial charge in [0.2, 0.25) is 12.7 Å². The first-order chi connectivity index (χ1) is 11.9. The van der Waals surface area contributed by atoms with Gasteiger partial charge in [-0.05, 0) is 18.2 Å². The Balaban J connectivity index is 2.17. The zero-order chi connectivity index (χ0) is 18.4. The van der Waals surface area contributed by atoms with E-state index in [1.54, 1.807) is 12.1 Å². The second kappa shape index (κ2) is 8.68. The molecule has 2 unspecified atom stereocenters. The van der Waals surface area contributed by atoms with E-state index in [1.807, 2.05) is 0 Å². The van der Waals surface area contributed by atoms with Crippen molar-refractivity contribution in [2.45, 2.75) is 38.3 Å². The summed E-state index contributed by atoms with van der Waals surface area (Å²) in [5.74, 6) is -0.759. The lowest BCUT2D eigenvalue weighted by Gasteiger charge is -2.33. The van der Waals surface area contributed by atoms with Crippen molar-refractivity contribution in [1.29, 1.82) is 0 Å². The smallest absolute Gasteiger partial charge is 0.335 e. The maximum absolute atomic E-state index is 11.8. The highest BCUT2D eigenvalue weighted by Crippen LogP contribution is 2.32. The third kappa shape index (κ3) is 5.33. The standard InChI is InChI=1S/C16H18ClNO7/c1-9(20)23-11-6-14(16(21)22-2)25-15(7-11)24-13-4-3-10(17)5-12(13)18-8-19/h3-5,8,11,14-15H,6-7H2,1-2H3,(H,18,19)/t11?,14-,15?/m0/s1. The maximum Gasteiger partial charge on any atom is 0.335 e. The summed E-state index contributed by atoms with van der Waals surface area (Å²) in [5, 5.41) is 2.88. The minimum Gasteiger partial charge on any atom is -0.467 e. The summed E-state index contributed by atoms with van der Waals surface area (Å²) in [6.45, 7) is 1.28. The highest BCUT2D eigenvalue weighted by atomic mass is 35.5. The van der Waals surface area contributed by atoms with E-state index < -0.39 is 30.4 Å². The second-order valence-corrected chi connectivity index (χ2v) is 5.74. The minimum atomic E-state index is -0.928. The van der Waals surface area contributed by atoms with Gasteiger partial charge in [0.1, 0.15) is 11.9 Å². The Hall–Kier alpha value is -2.32. The number of hydrogen-bond donors (Lipinski definition) is 1. The molecule has 1 saturated heterocycles. The molecule has 3 atom stereocenters. The Labute approximate surface area is 149 Å². The van der Waals surface area contributed by atoms with Crippen molar-refractivity contribution in [3.8, 4) is 5.75 Å². The van der Waals surface area contributed by atoms with E-state index in [0.717, 1.165) is 0 Å². The van der Waals surface area contributed by atoms with Crippen LogP contribution in [0.25, 0.3) is 0 Å². The zero-order valence-corrected chi connectivity index (χ0v) is 14.4. The van der Waals surface area contributed by atoms with Gasteiger partial charge in [-0.15, -0.1) is 0 Å². The fourth-order valence-electron chi connectivity index (χ4n) is 2.46. The number of amides is 1. The number of rotatable bonds is 6. The van der Waals surface area contributed by atoms with Crippen LogP contribution in [0.1, 0.15) is 19.8 Å². The Kier molecular flexibility index (Phi) is 6.60. The molecule has 2 rings (SSSR count). The molecule has 0 bridgehead atoms. The van der Waals surface area contributed by atoms with Crippen LogP contribution in [-0.2, 0) is 28.6 Å². The van der Waals surface area contributed by atoms with Crippen LogP contribution in [0.3, 0.4) is 0 Å². The molecule has 8 nitrogen and oxygen atoms in total. The van der Waals surface area contributed by atoms with Gasteiger partial charge in [-0.2, -0.15) is 0 Å². The Bertz CT molecular complexity index is 651. The zero-order valence-electron chi connectivity index (χ0n) is 13.7. The number of methoxy groups -OCH3 is 1. The molecule has 0 aliphatic carbocycles. The number of carbonyl (C=O) groups is 3. The number of benzene rings is 1. The normalized spacial score (nSPS) is 22.6. The summed E-state index contributed by atoms with van der Waals surface area (Å²) in [6.07, 6.45) is -1.49. The summed E-state index contributed by atoms with van der Waals surface area (Å²) in [6, 6.07) is 4.65. The van der Waals surface area contributed by atoms with Gasteiger partial charge in [0, 0.05) is 24.8 Å². The van der Waals surface area contributed by atoms with Gasteiger partial charge >= 0.3 is 11.9 Å². The predicted molar refractivity (Wildman–Crippen MR) is 87.2 cm³/mol. The molecule has 1 aromatic carbocycles. The number of halogens is 1. The van der Waals surface area contributed by atoms with E-state index in [0.29, 0.717) is 22.9 Å². The molecule has 0 spiro atoms. The second-order valence-electron chi connectivity index (χ2n) is 5.30. The third-order valence-electron chi connectivity index (χ3n) is 3.46. The van der Waals surface area contributed by atoms with E-state index in [-0.39, 0.29) is 12.8 Å². The lowest BCUT2D eigenvalue weighted by Crippen LogP contribution is -2.44. The molecule has 1 fully saturated rings. The molecule has 25 heavy (non-hydrogen) atoms. The SMILES string of the molecule is COC(=O)[C@@H]1CC(OC(C)=O)CC(Oc2ccc(Cl)cc2NC=O)O1. The van der Waals surface area contributed by atoms with E-state index in [9.17, 15) is 14.4 Å². The van der Waals surface area contributed by atoms with Crippen LogP contribution < -0.4 is 10.1 Å². The molecule has 1 heterocycles. The summed E-state index contributed by atoms with van der Waals surface area (Å²) in [4.78, 5) is 33.7. The number of nitrogens with one attached hydrogen (secondary N) is 1. The molecule has 1 amide bonds. The summed E-state index contributed by atoms with van der Waals surface area (Å²) in [5.41, 5.74) is 0.343. The van der Waals surface area contributed by atoms with E-state index in [1.165, 1.54) is 20.1 Å². The van der Waals surface area contributed by atoms with E-state index in [2.05, 4.69) is 10.1 Å². The minimum absolute atomic E-state index is 0.173. The number of esters is 2. The van der Waals surface area contributed by atoms with Crippen molar-refractivity contribution < 1.29 is 33.3 Å². The topological polar surface area (TPSA) is 100 Å². The third-order valence-corrected chi connectivity index (χ3v) is 3.69. The molecule has 1 aliphatic heterocycles.